The minimum Gasteiger partial charge on any atom is -0.550 e. The summed E-state index contributed by atoms with van der Waals surface area (Å²) in [4.78, 5) is 20.2. The number of thioether (sulfide) groups is 2. The van der Waals surface area contributed by atoms with Crippen molar-refractivity contribution < 1.29 is 39.5 Å². The fourth-order valence-corrected chi connectivity index (χ4v) is 8.00. The predicted octanol–water partition coefficient (Wildman–Crippen LogP) is 2.86. The van der Waals surface area contributed by atoms with Gasteiger partial charge in [-0.25, -0.2) is 9.97 Å². The van der Waals surface area contributed by atoms with Crippen molar-refractivity contribution >= 4 is 72.6 Å². The van der Waals surface area contributed by atoms with Crippen LogP contribution < -0.4 is 34.7 Å². The van der Waals surface area contributed by atoms with E-state index in [1.165, 1.54) is 9.40 Å². The van der Waals surface area contributed by atoms with Gasteiger partial charge in [0.2, 0.25) is 0 Å². The Morgan fingerprint density at radius 2 is 1.52 bits per heavy atom. The molecule has 0 saturated carbocycles. The van der Waals surface area contributed by atoms with Gasteiger partial charge in [0.25, 0.3) is 0 Å². The first-order valence-corrected chi connectivity index (χ1v) is 13.4. The maximum Gasteiger partial charge on any atom is 1.00 e. The average Bonchev–Trinajstić information content (AvgIpc) is 3.33. The van der Waals surface area contributed by atoms with E-state index in [1.54, 1.807) is 22.7 Å². The molecule has 1 unspecified atom stereocenters. The number of nitrogens with zero attached hydrogens (tertiary/aromatic N) is 2. The number of aromatic nitrogens is 2. The minimum atomic E-state index is -0.961. The van der Waals surface area contributed by atoms with Gasteiger partial charge in [-0.3, -0.25) is 0 Å². The fourth-order valence-electron chi connectivity index (χ4n) is 3.14. The van der Waals surface area contributed by atoms with Crippen molar-refractivity contribution in [3.8, 4) is 0 Å². The van der Waals surface area contributed by atoms with Crippen molar-refractivity contribution in [2.45, 2.75) is 46.0 Å². The van der Waals surface area contributed by atoms with Gasteiger partial charge in [0.15, 0.2) is 8.68 Å². The summed E-state index contributed by atoms with van der Waals surface area (Å²) in [6, 6.07) is 16.4. The molecule has 156 valence electrons. The van der Waals surface area contributed by atoms with Crippen LogP contribution >= 0.6 is 46.2 Å². The molecule has 31 heavy (non-hydrogen) atoms. The number of thiazole rings is 2. The molecule has 0 aliphatic rings. The Balaban J connectivity index is 0.00000272. The molecule has 0 bridgehead atoms. The van der Waals surface area contributed by atoms with Crippen LogP contribution in [0.2, 0.25) is 0 Å². The molecule has 2 heterocycles. The molecule has 0 radical (unpaired) electrons. The molecule has 0 aliphatic carbocycles. The summed E-state index contributed by atoms with van der Waals surface area (Å²) in [7, 11) is 0. The van der Waals surface area contributed by atoms with E-state index in [-0.39, 0.29) is 36.0 Å². The number of benzene rings is 2. The topological polar surface area (TPSA) is 65.9 Å². The van der Waals surface area contributed by atoms with E-state index in [1.807, 2.05) is 53.9 Å². The molecule has 2 aromatic heterocycles. The molecule has 4 rings (SSSR count). The molecule has 9 heteroatoms. The molecule has 1 atom stereocenters. The average molecular weight is 497 g/mol. The Hall–Kier alpha value is -0.610. The maximum atomic E-state index is 10.7. The normalized spacial score (nSPS) is 12.1. The van der Waals surface area contributed by atoms with Crippen molar-refractivity contribution in [3.63, 3.8) is 0 Å². The standard InChI is InChI=1S/C22H22N2O2S4.Na/c25-20(26)12-6-1-7-15(28-22-24-17-9-3-5-11-19(17)30-22)13-14-27-21-23-16-8-2-4-10-18(16)29-21;/h2-5,8-11,15H,1,6-7,12-14H2,(H,25,26);/q;+1/p-1. The van der Waals surface area contributed by atoms with Crippen molar-refractivity contribution in [2.24, 2.45) is 0 Å². The maximum absolute atomic E-state index is 10.7. The van der Waals surface area contributed by atoms with E-state index in [9.17, 15) is 9.90 Å². The van der Waals surface area contributed by atoms with E-state index in [2.05, 4.69) is 18.2 Å². The van der Waals surface area contributed by atoms with E-state index < -0.39 is 5.97 Å². The van der Waals surface area contributed by atoms with Crippen LogP contribution in [0.1, 0.15) is 32.1 Å². The van der Waals surface area contributed by atoms with Gasteiger partial charge < -0.3 is 9.90 Å². The first kappa shape index (κ1) is 25.0. The third kappa shape index (κ3) is 7.45. The summed E-state index contributed by atoms with van der Waals surface area (Å²) in [5.74, 6) is 0.0276. The number of aliphatic carboxylic acids is 1. The molecule has 4 nitrogen and oxygen atoms in total. The number of unbranched alkanes of at least 4 members (excludes halogenated alkanes) is 1. The van der Waals surface area contributed by atoms with E-state index in [0.717, 1.165) is 44.7 Å². The second kappa shape index (κ2) is 12.6. The van der Waals surface area contributed by atoms with Gasteiger partial charge in [-0.2, -0.15) is 0 Å². The molecule has 4 aromatic rings. The minimum absolute atomic E-state index is 0. The fraction of sp³-hybridized carbons (Fsp3) is 0.318. The molecule has 2 aromatic carbocycles. The van der Waals surface area contributed by atoms with Crippen LogP contribution in [0.3, 0.4) is 0 Å². The van der Waals surface area contributed by atoms with Gasteiger partial charge in [-0.05, 0) is 49.9 Å². The van der Waals surface area contributed by atoms with E-state index in [4.69, 9.17) is 9.97 Å². The molecule has 0 spiro atoms. The van der Waals surface area contributed by atoms with Crippen LogP contribution in [0.15, 0.2) is 57.2 Å². The number of carbonyl (C=O) groups is 1. The van der Waals surface area contributed by atoms with Crippen molar-refractivity contribution in [1.82, 2.24) is 9.97 Å². The van der Waals surface area contributed by atoms with Gasteiger partial charge in [0.05, 0.1) is 20.4 Å². The number of carboxylic acid groups (broad SMARTS) is 1. The van der Waals surface area contributed by atoms with Crippen molar-refractivity contribution in [1.29, 1.82) is 0 Å². The van der Waals surface area contributed by atoms with Gasteiger partial charge in [-0.1, -0.05) is 54.2 Å². The summed E-state index contributed by atoms with van der Waals surface area (Å²) >= 11 is 7.11. The molecular formula is C22H21N2NaO2S4. The van der Waals surface area contributed by atoms with Crippen LogP contribution in [-0.4, -0.2) is 26.9 Å². The first-order chi connectivity index (χ1) is 14.7. The zero-order chi connectivity index (χ0) is 20.8. The Bertz CT molecular complexity index is 1060. The van der Waals surface area contributed by atoms with Crippen molar-refractivity contribution in [3.05, 3.63) is 48.5 Å². The SMILES string of the molecule is O=C([O-])CCCCC(CCSc1nc2ccccc2s1)Sc1nc2ccccc2s1.[Na+]. The zero-order valence-electron chi connectivity index (χ0n) is 17.3. The number of para-hydroxylation sites is 2. The van der Waals surface area contributed by atoms with Crippen LogP contribution in [0.4, 0.5) is 0 Å². The Labute approximate surface area is 220 Å². The second-order valence-electron chi connectivity index (χ2n) is 6.89. The number of hydrogen-bond acceptors (Lipinski definition) is 8. The Kier molecular flexibility index (Phi) is 10.2. The summed E-state index contributed by atoms with van der Waals surface area (Å²) < 4.78 is 4.63. The monoisotopic (exact) mass is 496 g/mol. The van der Waals surface area contributed by atoms with Crippen LogP contribution in [-0.2, 0) is 4.79 Å². The van der Waals surface area contributed by atoms with Crippen LogP contribution in [0.5, 0.6) is 0 Å². The number of fused-ring (bicyclic) bond motifs is 2. The summed E-state index contributed by atoms with van der Waals surface area (Å²) in [5.41, 5.74) is 2.11. The Morgan fingerprint density at radius 3 is 2.16 bits per heavy atom. The predicted molar refractivity (Wildman–Crippen MR) is 128 cm³/mol. The molecule has 0 amide bonds. The largest absolute Gasteiger partial charge is 1.00 e. The quantitative estimate of drug-likeness (QED) is 0.181. The molecule has 0 N–H and O–H groups in total. The molecule has 0 fully saturated rings. The molecule has 0 aliphatic heterocycles. The van der Waals surface area contributed by atoms with Gasteiger partial charge in [0.1, 0.15) is 0 Å². The smallest absolute Gasteiger partial charge is 0.550 e. The number of carbonyl (C=O) groups excluding carboxylic acids is 1. The third-order valence-corrected chi connectivity index (χ3v) is 9.32. The van der Waals surface area contributed by atoms with Gasteiger partial charge in [-0.15, -0.1) is 22.7 Å². The van der Waals surface area contributed by atoms with E-state index >= 15 is 0 Å². The van der Waals surface area contributed by atoms with Gasteiger partial charge in [0, 0.05) is 17.0 Å². The summed E-state index contributed by atoms with van der Waals surface area (Å²) in [6.45, 7) is 0. The second-order valence-corrected chi connectivity index (χ2v) is 11.8. The number of rotatable bonds is 11. The van der Waals surface area contributed by atoms with Gasteiger partial charge >= 0.3 is 29.6 Å². The van der Waals surface area contributed by atoms with Crippen LogP contribution in [0.25, 0.3) is 20.4 Å². The summed E-state index contributed by atoms with van der Waals surface area (Å²) in [6.07, 6.45) is 3.71. The zero-order valence-corrected chi connectivity index (χ0v) is 22.5. The van der Waals surface area contributed by atoms with Crippen LogP contribution in [0, 0.1) is 0 Å². The van der Waals surface area contributed by atoms with E-state index in [0.29, 0.717) is 11.7 Å². The van der Waals surface area contributed by atoms with Crippen molar-refractivity contribution in [2.75, 3.05) is 5.75 Å². The number of hydrogen-bond donors (Lipinski definition) is 0. The third-order valence-electron chi connectivity index (χ3n) is 4.64. The number of carboxylic acids is 1. The molecular weight excluding hydrogens is 476 g/mol. The summed E-state index contributed by atoms with van der Waals surface area (Å²) in [5, 5.41) is 11.1. The first-order valence-electron chi connectivity index (χ1n) is 9.88. The molecule has 0 saturated heterocycles. The Morgan fingerprint density at radius 1 is 0.903 bits per heavy atom.